The van der Waals surface area contributed by atoms with E-state index in [0.717, 1.165) is 28.2 Å². The molecule has 1 N–H and O–H groups in total. The number of amides is 1. The molecular formula is C22H23ClN4O. The second-order valence-corrected chi connectivity index (χ2v) is 7.27. The maximum Gasteiger partial charge on any atom is 0.253 e. The summed E-state index contributed by atoms with van der Waals surface area (Å²) in [6, 6.07) is 15.3. The number of para-hydroxylation sites is 2. The van der Waals surface area contributed by atoms with Gasteiger partial charge in [-0.15, -0.1) is 0 Å². The normalized spacial score (nSPS) is 16.1. The van der Waals surface area contributed by atoms with Crippen LogP contribution in [-0.2, 0) is 4.79 Å². The summed E-state index contributed by atoms with van der Waals surface area (Å²) in [5.41, 5.74) is 4.25. The van der Waals surface area contributed by atoms with Gasteiger partial charge in [-0.2, -0.15) is 0 Å². The van der Waals surface area contributed by atoms with E-state index in [-0.39, 0.29) is 11.9 Å². The lowest BCUT2D eigenvalue weighted by molar-refractivity contribution is -0.127. The molecule has 4 rings (SSSR count). The predicted molar refractivity (Wildman–Crippen MR) is 114 cm³/mol. The first-order chi connectivity index (χ1) is 13.6. The Morgan fingerprint density at radius 2 is 1.82 bits per heavy atom. The smallest absolute Gasteiger partial charge is 0.253 e. The summed E-state index contributed by atoms with van der Waals surface area (Å²) in [6.07, 6.45) is 0. The molecule has 0 unspecified atom stereocenters. The van der Waals surface area contributed by atoms with Crippen LogP contribution < -0.4 is 5.32 Å². The Morgan fingerprint density at radius 1 is 1.14 bits per heavy atom. The van der Waals surface area contributed by atoms with Crippen molar-refractivity contribution in [1.29, 1.82) is 0 Å². The fourth-order valence-corrected chi connectivity index (χ4v) is 4.15. The van der Waals surface area contributed by atoms with Gasteiger partial charge in [-0.3, -0.25) is 9.36 Å². The molecule has 3 aromatic rings. The molecule has 0 spiro atoms. The number of likely N-dealkylation sites (N-methyl/N-ethyl adjacent to an activating group) is 1. The van der Waals surface area contributed by atoms with Gasteiger partial charge in [-0.1, -0.05) is 41.9 Å². The number of nitrogens with one attached hydrogen (secondary N) is 1. The van der Waals surface area contributed by atoms with Gasteiger partial charge in [0.2, 0.25) is 5.95 Å². The lowest BCUT2D eigenvalue weighted by Gasteiger charge is -2.33. The molecule has 1 atom stereocenters. The van der Waals surface area contributed by atoms with Crippen LogP contribution in [-0.4, -0.2) is 33.4 Å². The lowest BCUT2D eigenvalue weighted by atomic mass is 9.93. The van der Waals surface area contributed by atoms with Crippen LogP contribution in [0.15, 0.2) is 59.8 Å². The number of allylic oxidation sites excluding steroid dienone is 1. The minimum atomic E-state index is -0.342. The number of fused-ring (bicyclic) bond motifs is 3. The molecule has 2 heterocycles. The van der Waals surface area contributed by atoms with Crippen molar-refractivity contribution in [3.05, 3.63) is 70.4 Å². The molecule has 0 bridgehead atoms. The number of rotatable bonds is 4. The molecule has 1 aliphatic heterocycles. The van der Waals surface area contributed by atoms with Crippen molar-refractivity contribution >= 4 is 34.5 Å². The Hall–Kier alpha value is -2.79. The molecule has 1 aliphatic rings. The first-order valence-corrected chi connectivity index (χ1v) is 9.93. The summed E-state index contributed by atoms with van der Waals surface area (Å²) in [5.74, 6) is 0.739. The number of nitrogens with zero attached hydrogens (tertiary/aromatic N) is 3. The predicted octanol–water partition coefficient (Wildman–Crippen LogP) is 4.85. The van der Waals surface area contributed by atoms with E-state index in [2.05, 4.69) is 9.88 Å². The molecule has 1 amide bonds. The van der Waals surface area contributed by atoms with Crippen LogP contribution in [0.3, 0.4) is 0 Å². The van der Waals surface area contributed by atoms with Crippen LogP contribution in [0.25, 0.3) is 11.0 Å². The Kier molecular flexibility index (Phi) is 4.85. The van der Waals surface area contributed by atoms with Crippen molar-refractivity contribution < 1.29 is 4.79 Å². The van der Waals surface area contributed by atoms with Gasteiger partial charge in [0.1, 0.15) is 0 Å². The van der Waals surface area contributed by atoms with Crippen molar-refractivity contribution in [2.75, 3.05) is 18.4 Å². The standard InChI is InChI=1S/C22H23ClN4O/c1-4-26(5-2)21(28)19-14(3)24-22-25-17-12-8-9-13-18(17)27(22)20(19)15-10-6-7-11-16(15)23/h6-13,20H,4-5H2,1-3H3,(H,24,25)/t20-/m1/s1. The zero-order chi connectivity index (χ0) is 19.8. The van der Waals surface area contributed by atoms with E-state index >= 15 is 0 Å². The summed E-state index contributed by atoms with van der Waals surface area (Å²) in [6.45, 7) is 7.23. The minimum absolute atomic E-state index is 0.0170. The fraction of sp³-hybridized carbons (Fsp3) is 0.273. The number of hydrogen-bond acceptors (Lipinski definition) is 3. The van der Waals surface area contributed by atoms with Gasteiger partial charge in [0, 0.05) is 23.8 Å². The number of benzene rings is 2. The van der Waals surface area contributed by atoms with Crippen LogP contribution >= 0.6 is 11.6 Å². The summed E-state index contributed by atoms with van der Waals surface area (Å²) in [7, 11) is 0. The molecular weight excluding hydrogens is 372 g/mol. The summed E-state index contributed by atoms with van der Waals surface area (Å²) >= 11 is 6.61. The van der Waals surface area contributed by atoms with Gasteiger partial charge in [0.05, 0.1) is 22.6 Å². The quantitative estimate of drug-likeness (QED) is 0.688. The Morgan fingerprint density at radius 3 is 2.54 bits per heavy atom. The van der Waals surface area contributed by atoms with Crippen molar-refractivity contribution in [3.8, 4) is 0 Å². The lowest BCUT2D eigenvalue weighted by Crippen LogP contribution is -2.38. The van der Waals surface area contributed by atoms with Crippen molar-refractivity contribution in [3.63, 3.8) is 0 Å². The van der Waals surface area contributed by atoms with Crippen molar-refractivity contribution in [1.82, 2.24) is 14.5 Å². The highest BCUT2D eigenvalue weighted by Crippen LogP contribution is 2.41. The molecule has 28 heavy (non-hydrogen) atoms. The van der Waals surface area contributed by atoms with Crippen LogP contribution in [0, 0.1) is 0 Å². The molecule has 0 aliphatic carbocycles. The Bertz CT molecular complexity index is 1080. The number of carbonyl (C=O) groups excluding carboxylic acids is 1. The van der Waals surface area contributed by atoms with E-state index in [1.54, 1.807) is 0 Å². The largest absolute Gasteiger partial charge is 0.339 e. The highest BCUT2D eigenvalue weighted by molar-refractivity contribution is 6.31. The van der Waals surface area contributed by atoms with Crippen LogP contribution in [0.1, 0.15) is 32.4 Å². The van der Waals surface area contributed by atoms with Crippen LogP contribution in [0.2, 0.25) is 5.02 Å². The Balaban J connectivity index is 2.00. The molecule has 144 valence electrons. The molecule has 0 fully saturated rings. The highest BCUT2D eigenvalue weighted by atomic mass is 35.5. The van der Waals surface area contributed by atoms with E-state index in [9.17, 15) is 4.79 Å². The molecule has 5 nitrogen and oxygen atoms in total. The zero-order valence-electron chi connectivity index (χ0n) is 16.2. The van der Waals surface area contributed by atoms with E-state index in [4.69, 9.17) is 16.6 Å². The third-order valence-corrected chi connectivity index (χ3v) is 5.66. The first kappa shape index (κ1) is 18.6. The summed E-state index contributed by atoms with van der Waals surface area (Å²) in [5, 5.41) is 3.98. The van der Waals surface area contributed by atoms with Crippen molar-refractivity contribution in [2.24, 2.45) is 0 Å². The van der Waals surface area contributed by atoms with E-state index < -0.39 is 0 Å². The number of hydrogen-bond donors (Lipinski definition) is 1. The summed E-state index contributed by atoms with van der Waals surface area (Å²) in [4.78, 5) is 20.1. The average Bonchev–Trinajstić information content (AvgIpc) is 3.06. The van der Waals surface area contributed by atoms with Crippen molar-refractivity contribution in [2.45, 2.75) is 26.8 Å². The second kappa shape index (κ2) is 7.32. The van der Waals surface area contributed by atoms with Gasteiger partial charge in [-0.25, -0.2) is 4.98 Å². The molecule has 1 aromatic heterocycles. The van der Waals surface area contributed by atoms with E-state index in [1.165, 1.54) is 0 Å². The maximum absolute atomic E-state index is 13.5. The van der Waals surface area contributed by atoms with Gasteiger partial charge in [0.25, 0.3) is 5.91 Å². The second-order valence-electron chi connectivity index (χ2n) is 6.86. The fourth-order valence-electron chi connectivity index (χ4n) is 3.91. The number of imidazole rings is 1. The molecule has 0 saturated carbocycles. The maximum atomic E-state index is 13.5. The van der Waals surface area contributed by atoms with E-state index in [0.29, 0.717) is 23.7 Å². The van der Waals surface area contributed by atoms with E-state index in [1.807, 2.05) is 74.2 Å². The Labute approximate surface area is 169 Å². The number of anilines is 1. The highest BCUT2D eigenvalue weighted by Gasteiger charge is 2.36. The number of halogens is 1. The molecule has 2 aromatic carbocycles. The third kappa shape index (κ3) is 2.87. The van der Waals surface area contributed by atoms with Gasteiger partial charge in [0.15, 0.2) is 0 Å². The SMILES string of the molecule is CCN(CC)C(=O)C1=C(C)Nc2nc3ccccc3n2[C@@H]1c1ccccc1Cl. The first-order valence-electron chi connectivity index (χ1n) is 9.55. The zero-order valence-corrected chi connectivity index (χ0v) is 17.0. The third-order valence-electron chi connectivity index (χ3n) is 5.31. The topological polar surface area (TPSA) is 50.2 Å². The van der Waals surface area contributed by atoms with Crippen LogP contribution in [0.5, 0.6) is 0 Å². The summed E-state index contributed by atoms with van der Waals surface area (Å²) < 4.78 is 2.08. The average molecular weight is 395 g/mol. The molecule has 0 saturated heterocycles. The monoisotopic (exact) mass is 394 g/mol. The number of aromatic nitrogens is 2. The van der Waals surface area contributed by atoms with Gasteiger partial charge >= 0.3 is 0 Å². The van der Waals surface area contributed by atoms with Gasteiger partial charge < -0.3 is 10.2 Å². The number of carbonyl (C=O) groups is 1. The minimum Gasteiger partial charge on any atom is -0.339 e. The van der Waals surface area contributed by atoms with Gasteiger partial charge in [-0.05, 0) is 44.5 Å². The molecule has 0 radical (unpaired) electrons. The molecule has 6 heteroatoms. The van der Waals surface area contributed by atoms with Crippen LogP contribution in [0.4, 0.5) is 5.95 Å².